The van der Waals surface area contributed by atoms with Gasteiger partial charge in [0.25, 0.3) is 5.91 Å². The first kappa shape index (κ1) is 21.0. The summed E-state index contributed by atoms with van der Waals surface area (Å²) in [4.78, 5) is 33.4. The number of nitrogens with zero attached hydrogens (tertiary/aromatic N) is 5. The number of aromatic amines is 1. The van der Waals surface area contributed by atoms with Crippen LogP contribution in [0.2, 0.25) is 0 Å². The molecule has 1 atom stereocenters. The Labute approximate surface area is 189 Å². The second kappa shape index (κ2) is 7.93. The van der Waals surface area contributed by atoms with E-state index in [9.17, 15) is 4.79 Å². The topological polar surface area (TPSA) is 161 Å². The number of carbonyl (C=O) groups excluding carboxylic acids is 1. The molecule has 0 unspecified atom stereocenters. The third-order valence-electron chi connectivity index (χ3n) is 6.06. The molecular formula is C22H25N9O2. The summed E-state index contributed by atoms with van der Waals surface area (Å²) in [7, 11) is 1.76. The number of aromatic nitrogens is 6. The number of pyridine rings is 1. The van der Waals surface area contributed by atoms with Crippen molar-refractivity contribution in [1.82, 2.24) is 40.7 Å². The highest BCUT2D eigenvalue weighted by Crippen LogP contribution is 2.46. The first-order valence-corrected chi connectivity index (χ1v) is 10.8. The third kappa shape index (κ3) is 3.91. The van der Waals surface area contributed by atoms with Gasteiger partial charge in [-0.3, -0.25) is 4.79 Å². The Morgan fingerprint density at radius 1 is 1.30 bits per heavy atom. The Morgan fingerprint density at radius 3 is 2.88 bits per heavy atom. The highest BCUT2D eigenvalue weighted by atomic mass is 16.5. The number of nitrogen functional groups attached to an aromatic ring is 1. The molecule has 5 N–H and O–H groups in total. The van der Waals surface area contributed by atoms with Crippen LogP contribution in [-0.4, -0.2) is 43.0 Å². The van der Waals surface area contributed by atoms with Gasteiger partial charge in [0, 0.05) is 29.3 Å². The number of imidazole rings is 1. The van der Waals surface area contributed by atoms with Gasteiger partial charge in [-0.2, -0.15) is 0 Å². The lowest BCUT2D eigenvalue weighted by atomic mass is 10.1. The smallest absolute Gasteiger partial charge is 0.271 e. The van der Waals surface area contributed by atoms with Gasteiger partial charge in [-0.1, -0.05) is 12.1 Å². The number of amides is 1. The molecule has 33 heavy (non-hydrogen) atoms. The lowest BCUT2D eigenvalue weighted by molar-refractivity contribution is 0.0927. The van der Waals surface area contributed by atoms with Gasteiger partial charge in [0.1, 0.15) is 23.5 Å². The predicted molar refractivity (Wildman–Crippen MR) is 121 cm³/mol. The third-order valence-corrected chi connectivity index (χ3v) is 6.06. The van der Waals surface area contributed by atoms with Crippen molar-refractivity contribution in [1.29, 1.82) is 0 Å². The van der Waals surface area contributed by atoms with E-state index < -0.39 is 6.04 Å². The fourth-order valence-corrected chi connectivity index (χ4v) is 3.71. The molecule has 0 bridgehead atoms. The predicted octanol–water partition coefficient (Wildman–Crippen LogP) is 2.25. The molecule has 1 saturated carbocycles. The van der Waals surface area contributed by atoms with E-state index in [0.717, 1.165) is 24.1 Å². The largest absolute Gasteiger partial charge is 0.383 e. The van der Waals surface area contributed by atoms with Gasteiger partial charge < -0.3 is 25.9 Å². The number of H-pyrrole nitrogens is 1. The Bertz CT molecular complexity index is 1340. The monoisotopic (exact) mass is 447 g/mol. The van der Waals surface area contributed by atoms with E-state index in [4.69, 9.17) is 15.2 Å². The van der Waals surface area contributed by atoms with Crippen molar-refractivity contribution in [2.75, 3.05) is 12.8 Å². The zero-order valence-corrected chi connectivity index (χ0v) is 18.6. The van der Waals surface area contributed by atoms with Crippen LogP contribution in [0.3, 0.4) is 0 Å². The number of anilines is 1. The molecule has 1 aliphatic carbocycles. The molecule has 170 valence electrons. The Kier molecular flexibility index (Phi) is 5.05. The van der Waals surface area contributed by atoms with Crippen molar-refractivity contribution in [3.63, 3.8) is 0 Å². The molecule has 1 fully saturated rings. The molecule has 4 heterocycles. The second-order valence-electron chi connectivity index (χ2n) is 8.64. The quantitative estimate of drug-likeness (QED) is 0.333. The van der Waals surface area contributed by atoms with E-state index in [1.165, 1.54) is 6.33 Å². The first-order chi connectivity index (χ1) is 15.9. The fourth-order valence-electron chi connectivity index (χ4n) is 3.71. The van der Waals surface area contributed by atoms with E-state index in [1.807, 2.05) is 12.1 Å². The molecule has 0 radical (unpaired) electrons. The van der Waals surface area contributed by atoms with Crippen molar-refractivity contribution < 1.29 is 9.32 Å². The van der Waals surface area contributed by atoms with Gasteiger partial charge in [0.05, 0.1) is 11.6 Å². The van der Waals surface area contributed by atoms with Gasteiger partial charge in [0.15, 0.2) is 17.2 Å². The standard InChI is InChI=1S/C22H25N9O2/c1-11(27-21(32)17-12(9-24-3)18(23)26-10-25-17)15-8-14(31-33-15)20-28-13-4-5-16(22(2)6-7-22)29-19(13)30-20/h4-5,8,10-11,24H,6-7,9H2,1-3H3,(H,27,32)(H2,23,25,26)(H,28,29,30)/t11-/m1/s1. The number of nitrogens with one attached hydrogen (secondary N) is 3. The molecular weight excluding hydrogens is 422 g/mol. The Balaban J connectivity index is 1.34. The molecule has 0 aliphatic heterocycles. The van der Waals surface area contributed by atoms with Gasteiger partial charge in [-0.05, 0) is 38.9 Å². The van der Waals surface area contributed by atoms with Crippen LogP contribution in [0.5, 0.6) is 0 Å². The molecule has 0 aromatic carbocycles. The maximum absolute atomic E-state index is 12.8. The summed E-state index contributed by atoms with van der Waals surface area (Å²) in [6, 6.07) is 5.33. The van der Waals surface area contributed by atoms with Gasteiger partial charge in [0.2, 0.25) is 0 Å². The summed E-state index contributed by atoms with van der Waals surface area (Å²) in [5.41, 5.74) is 9.92. The van der Waals surface area contributed by atoms with Crippen molar-refractivity contribution in [2.45, 2.75) is 44.7 Å². The highest BCUT2D eigenvalue weighted by Gasteiger charge is 2.40. The number of nitrogens with two attached hydrogens (primary N) is 1. The van der Waals surface area contributed by atoms with Crippen LogP contribution in [0.4, 0.5) is 5.82 Å². The summed E-state index contributed by atoms with van der Waals surface area (Å²) >= 11 is 0. The maximum atomic E-state index is 12.8. The van der Waals surface area contributed by atoms with Crippen molar-refractivity contribution in [3.8, 4) is 11.5 Å². The first-order valence-electron chi connectivity index (χ1n) is 10.8. The van der Waals surface area contributed by atoms with Gasteiger partial charge in [-0.25, -0.2) is 19.9 Å². The van der Waals surface area contributed by atoms with Crippen LogP contribution >= 0.6 is 0 Å². The zero-order chi connectivity index (χ0) is 23.2. The number of rotatable bonds is 7. The van der Waals surface area contributed by atoms with Crippen LogP contribution in [-0.2, 0) is 12.0 Å². The van der Waals surface area contributed by atoms with Crippen molar-refractivity contribution in [2.24, 2.45) is 0 Å². The van der Waals surface area contributed by atoms with Gasteiger partial charge >= 0.3 is 0 Å². The average molecular weight is 448 g/mol. The normalized spacial score (nSPS) is 15.5. The lowest BCUT2D eigenvalue weighted by Crippen LogP contribution is -2.29. The Hall–Kier alpha value is -3.86. The van der Waals surface area contributed by atoms with E-state index >= 15 is 0 Å². The zero-order valence-electron chi connectivity index (χ0n) is 18.6. The molecule has 4 aromatic heterocycles. The molecule has 0 saturated heterocycles. The molecule has 11 nitrogen and oxygen atoms in total. The minimum atomic E-state index is -0.457. The number of hydrogen-bond donors (Lipinski definition) is 4. The molecule has 0 spiro atoms. The summed E-state index contributed by atoms with van der Waals surface area (Å²) in [5, 5.41) is 9.96. The van der Waals surface area contributed by atoms with Crippen molar-refractivity contribution >= 4 is 22.9 Å². The number of fused-ring (bicyclic) bond motifs is 1. The maximum Gasteiger partial charge on any atom is 0.271 e. The van der Waals surface area contributed by atoms with E-state index in [2.05, 4.69) is 42.6 Å². The van der Waals surface area contributed by atoms with Crippen LogP contribution in [0, 0.1) is 0 Å². The fraction of sp³-hybridized carbons (Fsp3) is 0.364. The average Bonchev–Trinajstić information content (AvgIpc) is 3.21. The second-order valence-corrected chi connectivity index (χ2v) is 8.64. The lowest BCUT2D eigenvalue weighted by Gasteiger charge is -2.13. The van der Waals surface area contributed by atoms with Crippen LogP contribution in [0.1, 0.15) is 60.2 Å². The van der Waals surface area contributed by atoms with Crippen LogP contribution < -0.4 is 16.4 Å². The number of carbonyl (C=O) groups is 1. The summed E-state index contributed by atoms with van der Waals surface area (Å²) < 4.78 is 5.49. The molecule has 1 aliphatic rings. The van der Waals surface area contributed by atoms with Crippen LogP contribution in [0.15, 0.2) is 29.0 Å². The summed E-state index contributed by atoms with van der Waals surface area (Å²) in [6.45, 7) is 4.39. The van der Waals surface area contributed by atoms with Gasteiger partial charge in [-0.15, -0.1) is 0 Å². The van der Waals surface area contributed by atoms with Crippen molar-refractivity contribution in [3.05, 3.63) is 47.2 Å². The van der Waals surface area contributed by atoms with E-state index in [0.29, 0.717) is 35.0 Å². The molecule has 1 amide bonds. The minimum absolute atomic E-state index is 0.170. The molecule has 4 aromatic rings. The minimum Gasteiger partial charge on any atom is -0.383 e. The SMILES string of the molecule is CNCc1c(N)ncnc1C(=O)N[C@H](C)c1cc(-c2nc3nc(C4(C)CC4)ccc3[nH]2)no1. The molecule has 5 rings (SSSR count). The summed E-state index contributed by atoms with van der Waals surface area (Å²) in [6.07, 6.45) is 3.57. The summed E-state index contributed by atoms with van der Waals surface area (Å²) in [5.74, 6) is 0.921. The molecule has 11 heteroatoms. The van der Waals surface area contributed by atoms with E-state index in [-0.39, 0.29) is 22.8 Å². The Morgan fingerprint density at radius 2 is 2.12 bits per heavy atom. The highest BCUT2D eigenvalue weighted by molar-refractivity contribution is 5.94. The number of hydrogen-bond acceptors (Lipinski definition) is 9. The van der Waals surface area contributed by atoms with E-state index in [1.54, 1.807) is 20.0 Å². The van der Waals surface area contributed by atoms with Crippen LogP contribution in [0.25, 0.3) is 22.7 Å².